The number of hydrogen-bond acceptors (Lipinski definition) is 0. The third-order valence-electron chi connectivity index (χ3n) is 5.62. The van der Waals surface area contributed by atoms with Crippen molar-refractivity contribution in [1.29, 1.82) is 0 Å². The first-order valence-corrected chi connectivity index (χ1v) is 10.8. The van der Waals surface area contributed by atoms with Crippen LogP contribution in [0.2, 0.25) is 0 Å². The lowest BCUT2D eigenvalue weighted by molar-refractivity contribution is 1.39. The fourth-order valence-corrected chi connectivity index (χ4v) is 4.14. The van der Waals surface area contributed by atoms with Gasteiger partial charge in [0.15, 0.2) is 0 Å². The molecule has 0 amide bonds. The molecule has 1 aliphatic rings. The number of fused-ring (bicyclic) bond motifs is 3. The maximum Gasteiger partial charge on any atom is 0.0255 e. The van der Waals surface area contributed by atoms with Gasteiger partial charge in [-0.2, -0.15) is 0 Å². The lowest BCUT2D eigenvalue weighted by atomic mass is 9.98. The van der Waals surface area contributed by atoms with E-state index in [1.54, 1.807) is 0 Å². The van der Waals surface area contributed by atoms with E-state index in [2.05, 4.69) is 73.9 Å². The maximum atomic E-state index is 3.33. The van der Waals surface area contributed by atoms with Crippen molar-refractivity contribution in [3.05, 3.63) is 136 Å². The molecule has 0 nitrogen and oxygen atoms in total. The fourth-order valence-electron chi connectivity index (χ4n) is 4.14. The van der Waals surface area contributed by atoms with Crippen LogP contribution in [0, 0.1) is 23.7 Å². The van der Waals surface area contributed by atoms with Crippen molar-refractivity contribution >= 4 is 5.57 Å². The van der Waals surface area contributed by atoms with Crippen LogP contribution in [0.5, 0.6) is 0 Å². The first-order chi connectivity index (χ1) is 15.7. The van der Waals surface area contributed by atoms with E-state index < -0.39 is 0 Å². The normalized spacial score (nSPS) is 10.9. The molecule has 0 N–H and O–H groups in total. The summed E-state index contributed by atoms with van der Waals surface area (Å²) in [5.74, 6) is 13.2. The van der Waals surface area contributed by atoms with Crippen LogP contribution in [0.4, 0.5) is 0 Å². The highest BCUT2D eigenvalue weighted by Crippen LogP contribution is 2.46. The molecule has 0 heteroatoms. The van der Waals surface area contributed by atoms with Gasteiger partial charge in [-0.05, 0) is 90.2 Å². The molecule has 0 radical (unpaired) electrons. The van der Waals surface area contributed by atoms with Crippen molar-refractivity contribution in [3.63, 3.8) is 0 Å². The molecule has 0 saturated heterocycles. The minimum Gasteiger partial charge on any atom is -0.0679 e. The number of rotatable bonds is 0. The summed E-state index contributed by atoms with van der Waals surface area (Å²) in [7, 11) is 0. The van der Waals surface area contributed by atoms with Gasteiger partial charge < -0.3 is 0 Å². The second kappa shape index (κ2) is 8.47. The van der Waals surface area contributed by atoms with Gasteiger partial charge in [0.05, 0.1) is 0 Å². The molecule has 0 spiro atoms. The molecule has 0 aromatic heterocycles. The average molecular weight is 407 g/mol. The molecule has 0 saturated carbocycles. The second-order valence-corrected chi connectivity index (χ2v) is 8.13. The van der Waals surface area contributed by atoms with Gasteiger partial charge in [0, 0.05) is 22.3 Å². The van der Waals surface area contributed by atoms with E-state index in [-0.39, 0.29) is 0 Å². The van der Waals surface area contributed by atoms with Gasteiger partial charge in [0.1, 0.15) is 0 Å². The largest absolute Gasteiger partial charge is 0.0679 e. The van der Waals surface area contributed by atoms with Gasteiger partial charge in [-0.15, -0.1) is 0 Å². The monoisotopic (exact) mass is 406 g/mol. The Morgan fingerprint density at radius 1 is 0.438 bits per heavy atom. The molecular formula is C32H22. The summed E-state index contributed by atoms with van der Waals surface area (Å²) in [6, 6.07) is 33.3. The van der Waals surface area contributed by atoms with E-state index in [4.69, 9.17) is 0 Å². The van der Waals surface area contributed by atoms with Crippen molar-refractivity contribution < 1.29 is 0 Å². The molecule has 0 fully saturated rings. The molecule has 1 aliphatic carbocycles. The van der Waals surface area contributed by atoms with E-state index in [9.17, 15) is 0 Å². The van der Waals surface area contributed by atoms with Crippen LogP contribution < -0.4 is 0 Å². The Morgan fingerprint density at radius 2 is 0.844 bits per heavy atom. The molecule has 0 aliphatic heterocycles. The predicted octanol–water partition coefficient (Wildman–Crippen LogP) is 7.31. The summed E-state index contributed by atoms with van der Waals surface area (Å²) in [6.45, 7) is 4.36. The van der Waals surface area contributed by atoms with E-state index in [1.807, 2.05) is 60.7 Å². The molecule has 4 aromatic carbocycles. The quantitative estimate of drug-likeness (QED) is 0.237. The zero-order valence-corrected chi connectivity index (χ0v) is 18.2. The molecule has 0 bridgehead atoms. The van der Waals surface area contributed by atoms with Gasteiger partial charge in [0.2, 0.25) is 0 Å². The topological polar surface area (TPSA) is 0 Å². The Bertz CT molecular complexity index is 1350. The van der Waals surface area contributed by atoms with Gasteiger partial charge in [-0.1, -0.05) is 77.8 Å². The molecule has 5 rings (SSSR count). The standard InChI is InChI=1S/C32H22/c1-23(2)32-28-19-17-26(15-13-24-9-5-3-6-10-24)21-30(28)31-22-27(18-20-29(31)32)16-14-25-11-7-4-8-12-25/h3-12,17-22H,1-2H3. The lowest BCUT2D eigenvalue weighted by Gasteiger charge is -2.05. The molecule has 4 aromatic rings. The highest BCUT2D eigenvalue weighted by atomic mass is 14.3. The first kappa shape index (κ1) is 19.7. The first-order valence-electron chi connectivity index (χ1n) is 10.8. The van der Waals surface area contributed by atoms with Crippen molar-refractivity contribution in [3.8, 4) is 34.8 Å². The summed E-state index contributed by atoms with van der Waals surface area (Å²) in [5.41, 5.74) is 11.8. The zero-order chi connectivity index (χ0) is 21.9. The highest BCUT2D eigenvalue weighted by molar-refractivity contribution is 6.02. The third-order valence-corrected chi connectivity index (χ3v) is 5.62. The Morgan fingerprint density at radius 3 is 1.25 bits per heavy atom. The van der Waals surface area contributed by atoms with E-state index in [1.165, 1.54) is 33.4 Å². The average Bonchev–Trinajstić information content (AvgIpc) is 3.16. The highest BCUT2D eigenvalue weighted by Gasteiger charge is 2.24. The van der Waals surface area contributed by atoms with Crippen LogP contribution in [-0.4, -0.2) is 0 Å². The maximum absolute atomic E-state index is 3.33. The minimum absolute atomic E-state index is 1.02. The lowest BCUT2D eigenvalue weighted by Crippen LogP contribution is -1.85. The van der Waals surface area contributed by atoms with E-state index in [0.717, 1.165) is 22.3 Å². The van der Waals surface area contributed by atoms with Crippen molar-refractivity contribution in [2.75, 3.05) is 0 Å². The van der Waals surface area contributed by atoms with Crippen LogP contribution in [0.3, 0.4) is 0 Å². The summed E-state index contributed by atoms with van der Waals surface area (Å²) in [5, 5.41) is 0. The fraction of sp³-hybridized carbons (Fsp3) is 0.0625. The third kappa shape index (κ3) is 3.88. The number of benzene rings is 4. The smallest absolute Gasteiger partial charge is 0.0255 e. The Balaban J connectivity index is 1.59. The van der Waals surface area contributed by atoms with Crippen molar-refractivity contribution in [1.82, 2.24) is 0 Å². The van der Waals surface area contributed by atoms with Crippen LogP contribution in [0.25, 0.3) is 16.7 Å². The molecule has 32 heavy (non-hydrogen) atoms. The van der Waals surface area contributed by atoms with Gasteiger partial charge >= 0.3 is 0 Å². The summed E-state index contributed by atoms with van der Waals surface area (Å²) >= 11 is 0. The van der Waals surface area contributed by atoms with Gasteiger partial charge in [0.25, 0.3) is 0 Å². The van der Waals surface area contributed by atoms with Crippen LogP contribution in [-0.2, 0) is 0 Å². The Kier molecular flexibility index (Phi) is 5.21. The van der Waals surface area contributed by atoms with Crippen molar-refractivity contribution in [2.45, 2.75) is 13.8 Å². The SMILES string of the molecule is CC(C)=C1c2ccc(C#Cc3ccccc3)cc2-c2cc(C#Cc3ccccc3)ccc21. The second-order valence-electron chi connectivity index (χ2n) is 8.13. The van der Waals surface area contributed by atoms with Crippen LogP contribution in [0.15, 0.2) is 103 Å². The Hall–Kier alpha value is -4.26. The predicted molar refractivity (Wildman–Crippen MR) is 134 cm³/mol. The summed E-state index contributed by atoms with van der Waals surface area (Å²) < 4.78 is 0. The van der Waals surface area contributed by atoms with Gasteiger partial charge in [-0.3, -0.25) is 0 Å². The van der Waals surface area contributed by atoms with Crippen LogP contribution >= 0.6 is 0 Å². The van der Waals surface area contributed by atoms with Crippen molar-refractivity contribution in [2.24, 2.45) is 0 Å². The molecule has 0 unspecified atom stereocenters. The van der Waals surface area contributed by atoms with E-state index >= 15 is 0 Å². The minimum atomic E-state index is 1.02. The Labute approximate surface area is 190 Å². The number of allylic oxidation sites excluding steroid dienone is 1. The summed E-state index contributed by atoms with van der Waals surface area (Å²) in [4.78, 5) is 0. The molecular weight excluding hydrogens is 384 g/mol. The molecule has 150 valence electrons. The number of hydrogen-bond donors (Lipinski definition) is 0. The van der Waals surface area contributed by atoms with E-state index in [0.29, 0.717) is 0 Å². The molecule has 0 atom stereocenters. The van der Waals surface area contributed by atoms with Gasteiger partial charge in [-0.25, -0.2) is 0 Å². The molecule has 0 heterocycles. The zero-order valence-electron chi connectivity index (χ0n) is 18.2. The van der Waals surface area contributed by atoms with Crippen LogP contribution in [0.1, 0.15) is 47.2 Å². The summed E-state index contributed by atoms with van der Waals surface area (Å²) in [6.07, 6.45) is 0.